The third-order valence-corrected chi connectivity index (χ3v) is 2.86. The van der Waals surface area contributed by atoms with Crippen molar-refractivity contribution in [2.45, 2.75) is 18.8 Å². The average molecular weight is 250 g/mol. The summed E-state index contributed by atoms with van der Waals surface area (Å²) in [5.74, 6) is -1.33. The van der Waals surface area contributed by atoms with Gasteiger partial charge in [0.15, 0.2) is 0 Å². The second kappa shape index (κ2) is 6.16. The molecule has 1 aromatic carbocycles. The van der Waals surface area contributed by atoms with Crippen molar-refractivity contribution in [3.05, 3.63) is 35.9 Å². The number of carboxylic acid groups (broad SMARTS) is 1. The number of nitrogens with two attached hydrogens (primary N) is 1. The summed E-state index contributed by atoms with van der Waals surface area (Å²) >= 11 is 0. The highest BCUT2D eigenvalue weighted by molar-refractivity contribution is 5.89. The highest BCUT2D eigenvalue weighted by Gasteiger charge is 2.37. The Morgan fingerprint density at radius 3 is 2.44 bits per heavy atom. The SMILES string of the molecule is CC(CC(=O)NCCN)(C(=O)O)c1ccccc1. The molecule has 5 nitrogen and oxygen atoms in total. The zero-order valence-electron chi connectivity index (χ0n) is 10.3. The third-order valence-electron chi connectivity index (χ3n) is 2.86. The molecule has 0 radical (unpaired) electrons. The second-order valence-corrected chi connectivity index (χ2v) is 4.32. The second-order valence-electron chi connectivity index (χ2n) is 4.32. The number of carbonyl (C=O) groups is 2. The Bertz CT molecular complexity index is 420. The lowest BCUT2D eigenvalue weighted by Gasteiger charge is -2.24. The molecular weight excluding hydrogens is 232 g/mol. The molecule has 0 saturated heterocycles. The monoisotopic (exact) mass is 250 g/mol. The number of nitrogens with one attached hydrogen (secondary N) is 1. The van der Waals surface area contributed by atoms with Gasteiger partial charge in [-0.05, 0) is 12.5 Å². The summed E-state index contributed by atoms with van der Waals surface area (Å²) in [5, 5.41) is 11.9. The van der Waals surface area contributed by atoms with Crippen LogP contribution in [0.1, 0.15) is 18.9 Å². The molecule has 1 atom stereocenters. The van der Waals surface area contributed by atoms with E-state index in [0.717, 1.165) is 0 Å². The number of hydrogen-bond acceptors (Lipinski definition) is 3. The summed E-state index contributed by atoms with van der Waals surface area (Å²) in [6.07, 6.45) is -0.105. The van der Waals surface area contributed by atoms with E-state index in [1.165, 1.54) is 0 Å². The van der Waals surface area contributed by atoms with E-state index in [9.17, 15) is 14.7 Å². The van der Waals surface area contributed by atoms with Gasteiger partial charge >= 0.3 is 5.97 Å². The Kier molecular flexibility index (Phi) is 4.85. The topological polar surface area (TPSA) is 92.4 Å². The summed E-state index contributed by atoms with van der Waals surface area (Å²) in [7, 11) is 0. The van der Waals surface area contributed by atoms with Crippen LogP contribution in [0, 0.1) is 0 Å². The fourth-order valence-electron chi connectivity index (χ4n) is 1.70. The minimum atomic E-state index is -1.22. The van der Waals surface area contributed by atoms with Crippen molar-refractivity contribution < 1.29 is 14.7 Å². The molecule has 0 aliphatic heterocycles. The van der Waals surface area contributed by atoms with Crippen LogP contribution in [-0.2, 0) is 15.0 Å². The molecule has 4 N–H and O–H groups in total. The quantitative estimate of drug-likeness (QED) is 0.685. The van der Waals surface area contributed by atoms with Crippen LogP contribution in [0.5, 0.6) is 0 Å². The van der Waals surface area contributed by atoms with Gasteiger partial charge in [-0.15, -0.1) is 0 Å². The molecule has 0 fully saturated rings. The van der Waals surface area contributed by atoms with Gasteiger partial charge < -0.3 is 16.2 Å². The molecule has 0 aliphatic carbocycles. The van der Waals surface area contributed by atoms with Gasteiger partial charge in [-0.2, -0.15) is 0 Å². The van der Waals surface area contributed by atoms with Gasteiger partial charge in [0.2, 0.25) is 5.91 Å². The highest BCUT2D eigenvalue weighted by atomic mass is 16.4. The lowest BCUT2D eigenvalue weighted by atomic mass is 9.79. The summed E-state index contributed by atoms with van der Waals surface area (Å²) < 4.78 is 0. The number of benzene rings is 1. The Morgan fingerprint density at radius 2 is 1.94 bits per heavy atom. The molecule has 1 unspecified atom stereocenters. The molecule has 0 saturated carbocycles. The molecule has 0 heterocycles. The lowest BCUT2D eigenvalue weighted by Crippen LogP contribution is -2.40. The number of rotatable bonds is 6. The maximum absolute atomic E-state index is 11.7. The van der Waals surface area contributed by atoms with Gasteiger partial charge in [-0.1, -0.05) is 30.3 Å². The Balaban J connectivity index is 2.89. The zero-order chi connectivity index (χ0) is 13.6. The van der Waals surface area contributed by atoms with E-state index in [1.807, 2.05) is 0 Å². The molecule has 5 heteroatoms. The Morgan fingerprint density at radius 1 is 1.33 bits per heavy atom. The molecule has 98 valence electrons. The van der Waals surface area contributed by atoms with E-state index in [2.05, 4.69) is 5.32 Å². The van der Waals surface area contributed by atoms with Gasteiger partial charge in [0, 0.05) is 19.5 Å². The lowest BCUT2D eigenvalue weighted by molar-refractivity contribution is -0.145. The first-order valence-electron chi connectivity index (χ1n) is 5.76. The van der Waals surface area contributed by atoms with Crippen LogP contribution < -0.4 is 11.1 Å². The van der Waals surface area contributed by atoms with E-state index in [0.29, 0.717) is 18.7 Å². The van der Waals surface area contributed by atoms with Crippen LogP contribution >= 0.6 is 0 Å². The average Bonchev–Trinajstić information content (AvgIpc) is 2.37. The molecule has 18 heavy (non-hydrogen) atoms. The number of hydrogen-bond donors (Lipinski definition) is 3. The van der Waals surface area contributed by atoms with Crippen LogP contribution in [0.4, 0.5) is 0 Å². The van der Waals surface area contributed by atoms with Gasteiger partial charge in [0.05, 0.1) is 5.41 Å². The van der Waals surface area contributed by atoms with Gasteiger partial charge in [0.1, 0.15) is 0 Å². The smallest absolute Gasteiger partial charge is 0.314 e. The van der Waals surface area contributed by atoms with Crippen molar-refractivity contribution in [3.8, 4) is 0 Å². The van der Waals surface area contributed by atoms with E-state index in [4.69, 9.17) is 5.73 Å². The van der Waals surface area contributed by atoms with Crippen LogP contribution in [0.25, 0.3) is 0 Å². The van der Waals surface area contributed by atoms with E-state index in [-0.39, 0.29) is 12.3 Å². The summed E-state index contributed by atoms with van der Waals surface area (Å²) in [6, 6.07) is 8.75. The Labute approximate surface area is 106 Å². The van der Waals surface area contributed by atoms with Gasteiger partial charge in [-0.25, -0.2) is 0 Å². The first-order chi connectivity index (χ1) is 8.50. The highest BCUT2D eigenvalue weighted by Crippen LogP contribution is 2.27. The predicted molar refractivity (Wildman–Crippen MR) is 68.1 cm³/mol. The van der Waals surface area contributed by atoms with Crippen molar-refractivity contribution >= 4 is 11.9 Å². The van der Waals surface area contributed by atoms with Crippen LogP contribution in [-0.4, -0.2) is 30.1 Å². The van der Waals surface area contributed by atoms with Gasteiger partial charge in [-0.3, -0.25) is 9.59 Å². The molecule has 0 spiro atoms. The summed E-state index contributed by atoms with van der Waals surface area (Å²) in [5.41, 5.74) is 4.67. The van der Waals surface area contributed by atoms with Crippen molar-refractivity contribution in [1.29, 1.82) is 0 Å². The van der Waals surface area contributed by atoms with Gasteiger partial charge in [0.25, 0.3) is 0 Å². The fourth-order valence-corrected chi connectivity index (χ4v) is 1.70. The van der Waals surface area contributed by atoms with Crippen LogP contribution in [0.3, 0.4) is 0 Å². The van der Waals surface area contributed by atoms with E-state index < -0.39 is 11.4 Å². The molecule has 1 amide bonds. The number of carbonyl (C=O) groups excluding carboxylic acids is 1. The van der Waals surface area contributed by atoms with Crippen molar-refractivity contribution in [3.63, 3.8) is 0 Å². The molecule has 0 aromatic heterocycles. The normalized spacial score (nSPS) is 13.7. The molecule has 1 rings (SSSR count). The maximum Gasteiger partial charge on any atom is 0.314 e. The predicted octanol–water partition coefficient (Wildman–Crippen LogP) is 0.494. The number of aliphatic carboxylic acids is 1. The number of carboxylic acids is 1. The van der Waals surface area contributed by atoms with E-state index >= 15 is 0 Å². The van der Waals surface area contributed by atoms with Crippen molar-refractivity contribution in [2.24, 2.45) is 5.73 Å². The standard InChI is InChI=1S/C13H18N2O3/c1-13(12(17)18,9-11(16)15-8-7-14)10-5-3-2-4-6-10/h2-6H,7-9,14H2,1H3,(H,15,16)(H,17,18). The van der Waals surface area contributed by atoms with Crippen LogP contribution in [0.15, 0.2) is 30.3 Å². The summed E-state index contributed by atoms with van der Waals surface area (Å²) in [4.78, 5) is 23.1. The third kappa shape index (κ3) is 3.30. The maximum atomic E-state index is 11.7. The molecular formula is C13H18N2O3. The largest absolute Gasteiger partial charge is 0.481 e. The molecule has 1 aromatic rings. The zero-order valence-corrected chi connectivity index (χ0v) is 10.3. The minimum Gasteiger partial charge on any atom is -0.481 e. The fraction of sp³-hybridized carbons (Fsp3) is 0.385. The Hall–Kier alpha value is -1.88. The summed E-state index contributed by atoms with van der Waals surface area (Å²) in [6.45, 7) is 2.23. The molecule has 0 bridgehead atoms. The van der Waals surface area contributed by atoms with E-state index in [1.54, 1.807) is 37.3 Å². The van der Waals surface area contributed by atoms with Crippen LogP contribution in [0.2, 0.25) is 0 Å². The van der Waals surface area contributed by atoms with Crippen molar-refractivity contribution in [2.75, 3.05) is 13.1 Å². The number of amides is 1. The first-order valence-corrected chi connectivity index (χ1v) is 5.76. The minimum absolute atomic E-state index is 0.105. The molecule has 0 aliphatic rings. The van der Waals surface area contributed by atoms with Crippen molar-refractivity contribution in [1.82, 2.24) is 5.32 Å². The first kappa shape index (κ1) is 14.2.